The molecule has 4 aliphatic carbocycles. The predicted octanol–water partition coefficient (Wildman–Crippen LogP) is 5.16. The molecule has 0 aromatic carbocycles. The zero-order chi connectivity index (χ0) is 23.4. The van der Waals surface area contributed by atoms with Crippen molar-refractivity contribution in [2.45, 2.75) is 104 Å². The molecule has 4 fully saturated rings. The van der Waals surface area contributed by atoms with Gasteiger partial charge in [0.2, 0.25) is 5.91 Å². The molecule has 1 heterocycles. The quantitative estimate of drug-likeness (QED) is 0.574. The van der Waals surface area contributed by atoms with Crippen LogP contribution in [0.5, 0.6) is 0 Å². The first-order chi connectivity index (χ1) is 15.7. The number of amides is 1. The lowest BCUT2D eigenvalue weighted by atomic mass is 9.47. The summed E-state index contributed by atoms with van der Waals surface area (Å²) in [6, 6.07) is 0.330. The Morgan fingerprint density at radius 3 is 2.82 bits per heavy atom. The smallest absolute Gasteiger partial charge is 0.222 e. The summed E-state index contributed by atoms with van der Waals surface area (Å²) in [6.45, 7) is 12.5. The molecule has 1 saturated heterocycles. The van der Waals surface area contributed by atoms with Crippen LogP contribution >= 0.6 is 0 Å². The average Bonchev–Trinajstić information content (AvgIpc) is 3.15. The third kappa shape index (κ3) is 4.01. The number of aliphatic hydroxyl groups is 1. The highest BCUT2D eigenvalue weighted by Gasteiger charge is 2.59. The van der Waals surface area contributed by atoms with Crippen molar-refractivity contribution in [3.63, 3.8) is 0 Å². The molecule has 4 heteroatoms. The first-order valence-electron chi connectivity index (χ1n) is 14.1. The standard InChI is InChI=1S/C29H48N2O2/c1-19(5-10-27(33)31-16-15-30-18-20(31)2)24-8-9-25-23-7-6-21-17-22(32)11-13-28(21,3)26(23)12-14-29(24,25)4/h6,19-20,22-26,30,32H,5,7-18H2,1-4H3/t19-,20-,22+,23+,24-,25+,26+,28+,29-/m1/s1. The second-order valence-electron chi connectivity index (χ2n) is 13.0. The third-order valence-corrected chi connectivity index (χ3v) is 11.5. The van der Waals surface area contributed by atoms with Crippen molar-refractivity contribution in [2.75, 3.05) is 19.6 Å². The molecule has 0 aromatic rings. The first kappa shape index (κ1) is 23.9. The fourth-order valence-electron chi connectivity index (χ4n) is 9.52. The molecule has 9 atom stereocenters. The molecule has 1 aliphatic heterocycles. The monoisotopic (exact) mass is 456 g/mol. The number of carbonyl (C=O) groups is 1. The van der Waals surface area contributed by atoms with Gasteiger partial charge in [-0.25, -0.2) is 0 Å². The third-order valence-electron chi connectivity index (χ3n) is 11.5. The van der Waals surface area contributed by atoms with Crippen molar-refractivity contribution in [1.82, 2.24) is 10.2 Å². The average molecular weight is 457 g/mol. The van der Waals surface area contributed by atoms with E-state index in [1.165, 1.54) is 38.5 Å². The summed E-state index contributed by atoms with van der Waals surface area (Å²) in [4.78, 5) is 15.1. The second kappa shape index (κ2) is 8.97. The number of hydrogen-bond donors (Lipinski definition) is 2. The summed E-state index contributed by atoms with van der Waals surface area (Å²) in [5.74, 6) is 4.25. The maximum Gasteiger partial charge on any atom is 0.222 e. The summed E-state index contributed by atoms with van der Waals surface area (Å²) < 4.78 is 0. The Morgan fingerprint density at radius 2 is 2.03 bits per heavy atom. The lowest BCUT2D eigenvalue weighted by Gasteiger charge is -2.58. The van der Waals surface area contributed by atoms with E-state index in [9.17, 15) is 9.90 Å². The van der Waals surface area contributed by atoms with Crippen molar-refractivity contribution < 1.29 is 9.90 Å². The minimum atomic E-state index is -0.113. The van der Waals surface area contributed by atoms with E-state index in [-0.39, 0.29) is 6.10 Å². The highest BCUT2D eigenvalue weighted by atomic mass is 16.3. The lowest BCUT2D eigenvalue weighted by molar-refractivity contribution is -0.134. The molecule has 4 nitrogen and oxygen atoms in total. The van der Waals surface area contributed by atoms with Gasteiger partial charge in [0.15, 0.2) is 0 Å². The summed E-state index contributed by atoms with van der Waals surface area (Å²) in [7, 11) is 0. The maximum atomic E-state index is 12.9. The van der Waals surface area contributed by atoms with Crippen molar-refractivity contribution in [1.29, 1.82) is 0 Å². The van der Waals surface area contributed by atoms with Gasteiger partial charge in [0, 0.05) is 32.1 Å². The summed E-state index contributed by atoms with van der Waals surface area (Å²) in [5.41, 5.74) is 2.36. The molecule has 186 valence electrons. The molecule has 1 amide bonds. The minimum Gasteiger partial charge on any atom is -0.393 e. The van der Waals surface area contributed by atoms with Gasteiger partial charge in [0.05, 0.1) is 6.10 Å². The van der Waals surface area contributed by atoms with Crippen LogP contribution in [0.1, 0.15) is 91.9 Å². The van der Waals surface area contributed by atoms with Gasteiger partial charge >= 0.3 is 0 Å². The molecule has 5 rings (SSSR count). The SMILES string of the molecule is C[C@H](CCC(=O)N1CCNC[C@H]1C)[C@H]1CC[C@H]2[C@@H]3CC=C4C[C@@H](O)CC[C@]4(C)[C@H]3CC[C@]12C. The van der Waals surface area contributed by atoms with Crippen molar-refractivity contribution in [2.24, 2.45) is 40.4 Å². The van der Waals surface area contributed by atoms with Gasteiger partial charge < -0.3 is 15.3 Å². The van der Waals surface area contributed by atoms with Gasteiger partial charge in [0.25, 0.3) is 0 Å². The predicted molar refractivity (Wildman–Crippen MR) is 134 cm³/mol. The Balaban J connectivity index is 1.25. The van der Waals surface area contributed by atoms with Gasteiger partial charge in [0.1, 0.15) is 0 Å². The van der Waals surface area contributed by atoms with E-state index in [1.54, 1.807) is 5.57 Å². The van der Waals surface area contributed by atoms with E-state index < -0.39 is 0 Å². The number of fused-ring (bicyclic) bond motifs is 5. The number of rotatable bonds is 4. The topological polar surface area (TPSA) is 52.6 Å². The van der Waals surface area contributed by atoms with Gasteiger partial charge in [-0.3, -0.25) is 4.79 Å². The van der Waals surface area contributed by atoms with Crippen molar-refractivity contribution >= 4 is 5.91 Å². The number of aliphatic hydroxyl groups excluding tert-OH is 1. The Morgan fingerprint density at radius 1 is 1.21 bits per heavy atom. The fraction of sp³-hybridized carbons (Fsp3) is 0.897. The zero-order valence-corrected chi connectivity index (χ0v) is 21.6. The lowest BCUT2D eigenvalue weighted by Crippen LogP contribution is -2.52. The van der Waals surface area contributed by atoms with Crippen LogP contribution in [0.3, 0.4) is 0 Å². The van der Waals surface area contributed by atoms with E-state index in [1.807, 2.05) is 0 Å². The second-order valence-corrected chi connectivity index (χ2v) is 13.0. The van der Waals surface area contributed by atoms with E-state index in [0.717, 1.165) is 69.0 Å². The molecule has 33 heavy (non-hydrogen) atoms. The highest BCUT2D eigenvalue weighted by Crippen LogP contribution is 2.67. The molecule has 0 aromatic heterocycles. The largest absolute Gasteiger partial charge is 0.393 e. The van der Waals surface area contributed by atoms with Crippen LogP contribution in [0, 0.1) is 40.4 Å². The molecular weight excluding hydrogens is 408 g/mol. The van der Waals surface area contributed by atoms with Crippen LogP contribution in [0.4, 0.5) is 0 Å². The molecule has 0 spiro atoms. The van der Waals surface area contributed by atoms with E-state index >= 15 is 0 Å². The van der Waals surface area contributed by atoms with Crippen molar-refractivity contribution in [3.05, 3.63) is 11.6 Å². The van der Waals surface area contributed by atoms with Crippen molar-refractivity contribution in [3.8, 4) is 0 Å². The Hall–Kier alpha value is -0.870. The number of allylic oxidation sites excluding steroid dienone is 1. The minimum absolute atomic E-state index is 0.113. The van der Waals surface area contributed by atoms with Crippen LogP contribution < -0.4 is 5.32 Å². The molecule has 2 N–H and O–H groups in total. The van der Waals surface area contributed by atoms with Gasteiger partial charge in [-0.1, -0.05) is 32.4 Å². The van der Waals surface area contributed by atoms with E-state index in [4.69, 9.17) is 0 Å². The molecule has 0 bridgehead atoms. The summed E-state index contributed by atoms with van der Waals surface area (Å²) in [6.07, 6.45) is 14.0. The van der Waals surface area contributed by atoms with Crippen LogP contribution in [-0.4, -0.2) is 47.7 Å². The number of hydrogen-bond acceptors (Lipinski definition) is 3. The number of piperazine rings is 1. The Kier molecular flexibility index (Phi) is 6.48. The van der Waals surface area contributed by atoms with Gasteiger partial charge in [-0.2, -0.15) is 0 Å². The van der Waals surface area contributed by atoms with E-state index in [2.05, 4.69) is 44.0 Å². The molecular formula is C29H48N2O2. The van der Waals surface area contributed by atoms with Gasteiger partial charge in [-0.15, -0.1) is 0 Å². The Bertz CT molecular complexity index is 780. The first-order valence-corrected chi connectivity index (χ1v) is 14.1. The zero-order valence-electron chi connectivity index (χ0n) is 21.6. The highest BCUT2D eigenvalue weighted by molar-refractivity contribution is 5.76. The molecule has 3 saturated carbocycles. The van der Waals surface area contributed by atoms with E-state index in [0.29, 0.717) is 28.7 Å². The van der Waals surface area contributed by atoms with Crippen LogP contribution in [0.15, 0.2) is 11.6 Å². The van der Waals surface area contributed by atoms with Gasteiger partial charge in [-0.05, 0) is 105 Å². The molecule has 0 radical (unpaired) electrons. The fourth-order valence-corrected chi connectivity index (χ4v) is 9.52. The summed E-state index contributed by atoms with van der Waals surface area (Å²) >= 11 is 0. The number of nitrogens with zero attached hydrogens (tertiary/aromatic N) is 1. The van der Waals surface area contributed by atoms with Crippen LogP contribution in [0.2, 0.25) is 0 Å². The summed E-state index contributed by atoms with van der Waals surface area (Å²) in [5, 5.41) is 13.7. The maximum absolute atomic E-state index is 12.9. The Labute approximate surface area is 202 Å². The van der Waals surface area contributed by atoms with Crippen LogP contribution in [-0.2, 0) is 4.79 Å². The molecule has 5 aliphatic rings. The number of carbonyl (C=O) groups excluding carboxylic acids is 1. The van der Waals surface area contributed by atoms with Crippen LogP contribution in [0.25, 0.3) is 0 Å². The number of nitrogens with one attached hydrogen (secondary N) is 1. The normalized spacial score (nSPS) is 46.1. The molecule has 0 unspecified atom stereocenters.